The quantitative estimate of drug-likeness (QED) is 0.586. The number of amides is 2. The van der Waals surface area contributed by atoms with Crippen LogP contribution in [-0.4, -0.2) is 51.0 Å². The Hall–Kier alpha value is -3.41. The van der Waals surface area contributed by atoms with Gasteiger partial charge in [-0.3, -0.25) is 9.59 Å². The molecule has 0 aliphatic carbocycles. The second-order valence-electron chi connectivity index (χ2n) is 8.30. The molecular weight excluding hydrogens is 400 g/mol. The van der Waals surface area contributed by atoms with Crippen LogP contribution in [0, 0.1) is 0 Å². The number of carbonyl (C=O) groups is 2. The van der Waals surface area contributed by atoms with Gasteiger partial charge in [-0.05, 0) is 31.4 Å². The van der Waals surface area contributed by atoms with Crippen LogP contribution in [0.3, 0.4) is 0 Å². The van der Waals surface area contributed by atoms with Crippen LogP contribution >= 0.6 is 0 Å². The number of rotatable bonds is 6. The molecule has 0 saturated carbocycles. The molecule has 1 aromatic heterocycles. The molecule has 1 fully saturated rings. The first-order chi connectivity index (χ1) is 15.6. The van der Waals surface area contributed by atoms with Crippen molar-refractivity contribution < 1.29 is 9.59 Å². The Morgan fingerprint density at radius 1 is 1.03 bits per heavy atom. The first kappa shape index (κ1) is 21.8. The second kappa shape index (κ2) is 9.81. The van der Waals surface area contributed by atoms with Crippen molar-refractivity contribution in [2.75, 3.05) is 13.6 Å². The minimum Gasteiger partial charge on any atom is -0.339 e. The number of piperidine rings is 1. The molecule has 32 heavy (non-hydrogen) atoms. The Balaban J connectivity index is 1.62. The van der Waals surface area contributed by atoms with Crippen LogP contribution in [0.4, 0.5) is 0 Å². The standard InChI is InChI=1S/C26H30N4O2/c1-3-24(31)29-17-11-10-16-23(29)26(32)28(2)18-21-19-30(22-14-8-5-9-15-22)27-25(21)20-12-6-4-7-13-20/h4-9,12-15,19,23H,3,10-11,16-18H2,1-2H3. The van der Waals surface area contributed by atoms with E-state index >= 15 is 0 Å². The van der Waals surface area contributed by atoms with Crippen molar-refractivity contribution in [2.45, 2.75) is 45.2 Å². The third-order valence-corrected chi connectivity index (χ3v) is 6.05. The monoisotopic (exact) mass is 430 g/mol. The van der Waals surface area contributed by atoms with Crippen molar-refractivity contribution in [1.29, 1.82) is 0 Å². The lowest BCUT2D eigenvalue weighted by Crippen LogP contribution is -2.52. The van der Waals surface area contributed by atoms with Gasteiger partial charge in [0.1, 0.15) is 6.04 Å². The molecule has 1 unspecified atom stereocenters. The van der Waals surface area contributed by atoms with Crippen LogP contribution in [0.15, 0.2) is 66.9 Å². The first-order valence-corrected chi connectivity index (χ1v) is 11.3. The van der Waals surface area contributed by atoms with Crippen LogP contribution in [0.1, 0.15) is 38.2 Å². The van der Waals surface area contributed by atoms with Gasteiger partial charge in [0.05, 0.1) is 11.4 Å². The minimum absolute atomic E-state index is 0.00188. The highest BCUT2D eigenvalue weighted by Gasteiger charge is 2.33. The summed E-state index contributed by atoms with van der Waals surface area (Å²) in [4.78, 5) is 29.3. The smallest absolute Gasteiger partial charge is 0.245 e. The summed E-state index contributed by atoms with van der Waals surface area (Å²) in [6.07, 6.45) is 5.08. The molecule has 0 bridgehead atoms. The number of likely N-dealkylation sites (N-methyl/N-ethyl adjacent to an activating group) is 1. The van der Waals surface area contributed by atoms with Crippen molar-refractivity contribution >= 4 is 11.8 Å². The average molecular weight is 431 g/mol. The largest absolute Gasteiger partial charge is 0.339 e. The molecule has 0 radical (unpaired) electrons. The first-order valence-electron chi connectivity index (χ1n) is 11.3. The molecule has 1 aliphatic rings. The van der Waals surface area contributed by atoms with Crippen LogP contribution in [0.2, 0.25) is 0 Å². The van der Waals surface area contributed by atoms with Crippen molar-refractivity contribution in [3.05, 3.63) is 72.4 Å². The molecule has 0 N–H and O–H groups in total. The lowest BCUT2D eigenvalue weighted by molar-refractivity contribution is -0.147. The van der Waals surface area contributed by atoms with E-state index in [1.807, 2.05) is 85.5 Å². The molecule has 2 heterocycles. The zero-order valence-corrected chi connectivity index (χ0v) is 18.8. The van der Waals surface area contributed by atoms with Crippen LogP contribution < -0.4 is 0 Å². The number of benzene rings is 2. The maximum Gasteiger partial charge on any atom is 0.245 e. The van der Waals surface area contributed by atoms with Crippen molar-refractivity contribution in [1.82, 2.24) is 19.6 Å². The van der Waals surface area contributed by atoms with Crippen LogP contribution in [-0.2, 0) is 16.1 Å². The van der Waals surface area contributed by atoms with Gasteiger partial charge in [-0.2, -0.15) is 5.10 Å². The number of likely N-dealkylation sites (tertiary alicyclic amines) is 1. The summed E-state index contributed by atoms with van der Waals surface area (Å²) in [7, 11) is 1.82. The Bertz CT molecular complexity index is 1060. The highest BCUT2D eigenvalue weighted by molar-refractivity contribution is 5.87. The van der Waals surface area contributed by atoms with E-state index in [-0.39, 0.29) is 17.9 Å². The topological polar surface area (TPSA) is 58.4 Å². The summed E-state index contributed by atoms with van der Waals surface area (Å²) in [5.74, 6) is 0.0521. The van der Waals surface area contributed by atoms with Gasteiger partial charge in [0, 0.05) is 43.9 Å². The zero-order valence-electron chi connectivity index (χ0n) is 18.8. The number of hydrogen-bond acceptors (Lipinski definition) is 3. The van der Waals surface area contributed by atoms with Crippen molar-refractivity contribution in [3.63, 3.8) is 0 Å². The van der Waals surface area contributed by atoms with E-state index in [0.717, 1.165) is 41.8 Å². The molecule has 2 aromatic carbocycles. The van der Waals surface area contributed by atoms with Gasteiger partial charge in [0.25, 0.3) is 0 Å². The van der Waals surface area contributed by atoms with Gasteiger partial charge in [-0.1, -0.05) is 55.5 Å². The highest BCUT2D eigenvalue weighted by Crippen LogP contribution is 2.26. The van der Waals surface area contributed by atoms with E-state index in [9.17, 15) is 9.59 Å². The lowest BCUT2D eigenvalue weighted by Gasteiger charge is -2.36. The van der Waals surface area contributed by atoms with Crippen LogP contribution in [0.5, 0.6) is 0 Å². The van der Waals surface area contributed by atoms with Crippen molar-refractivity contribution in [3.8, 4) is 16.9 Å². The predicted octanol–water partition coefficient (Wildman–Crippen LogP) is 4.29. The number of para-hydroxylation sites is 1. The minimum atomic E-state index is -0.370. The fourth-order valence-corrected chi connectivity index (χ4v) is 4.36. The Morgan fingerprint density at radius 3 is 2.41 bits per heavy atom. The molecule has 166 valence electrons. The van der Waals surface area contributed by atoms with Gasteiger partial charge >= 0.3 is 0 Å². The second-order valence-corrected chi connectivity index (χ2v) is 8.30. The van der Waals surface area contributed by atoms with Gasteiger partial charge in [0.15, 0.2) is 0 Å². The van der Waals surface area contributed by atoms with E-state index in [1.165, 1.54) is 0 Å². The maximum absolute atomic E-state index is 13.4. The zero-order chi connectivity index (χ0) is 22.5. The number of aromatic nitrogens is 2. The molecule has 1 aliphatic heterocycles. The third kappa shape index (κ3) is 4.59. The van der Waals surface area contributed by atoms with Gasteiger partial charge in [0.2, 0.25) is 11.8 Å². The molecule has 6 nitrogen and oxygen atoms in total. The summed E-state index contributed by atoms with van der Waals surface area (Å²) in [6.45, 7) is 2.95. The molecule has 1 saturated heterocycles. The third-order valence-electron chi connectivity index (χ3n) is 6.05. The summed E-state index contributed by atoms with van der Waals surface area (Å²) >= 11 is 0. The van der Waals surface area contributed by atoms with E-state index in [4.69, 9.17) is 5.10 Å². The number of hydrogen-bond donors (Lipinski definition) is 0. The van der Waals surface area contributed by atoms with Crippen LogP contribution in [0.25, 0.3) is 16.9 Å². The summed E-state index contributed by atoms with van der Waals surface area (Å²) in [5, 5.41) is 4.85. The molecule has 2 amide bonds. The van der Waals surface area contributed by atoms with Crippen molar-refractivity contribution in [2.24, 2.45) is 0 Å². The molecule has 0 spiro atoms. The fourth-order valence-electron chi connectivity index (χ4n) is 4.36. The normalized spacial score (nSPS) is 16.1. The number of nitrogens with zero attached hydrogens (tertiary/aromatic N) is 4. The van der Waals surface area contributed by atoms with E-state index in [2.05, 4.69) is 0 Å². The molecule has 3 aromatic rings. The van der Waals surface area contributed by atoms with Gasteiger partial charge < -0.3 is 9.80 Å². The van der Waals surface area contributed by atoms with Gasteiger partial charge in [-0.15, -0.1) is 0 Å². The van der Waals surface area contributed by atoms with E-state index in [0.29, 0.717) is 19.5 Å². The number of carbonyl (C=O) groups excluding carboxylic acids is 2. The highest BCUT2D eigenvalue weighted by atomic mass is 16.2. The Kier molecular flexibility index (Phi) is 6.69. The Morgan fingerprint density at radius 2 is 1.72 bits per heavy atom. The summed E-state index contributed by atoms with van der Waals surface area (Å²) in [5.41, 5.74) is 3.81. The summed E-state index contributed by atoms with van der Waals surface area (Å²) in [6, 6.07) is 19.6. The SMILES string of the molecule is CCC(=O)N1CCCCC1C(=O)N(C)Cc1cn(-c2ccccc2)nc1-c1ccccc1. The van der Waals surface area contributed by atoms with E-state index < -0.39 is 0 Å². The predicted molar refractivity (Wildman–Crippen MR) is 125 cm³/mol. The molecule has 4 rings (SSSR count). The van der Waals surface area contributed by atoms with E-state index in [1.54, 1.807) is 9.80 Å². The Labute approximate surface area is 189 Å². The molecule has 1 atom stereocenters. The molecular formula is C26H30N4O2. The maximum atomic E-state index is 13.4. The lowest BCUT2D eigenvalue weighted by atomic mass is 10.00. The molecule has 6 heteroatoms. The van der Waals surface area contributed by atoms with Gasteiger partial charge in [-0.25, -0.2) is 4.68 Å². The average Bonchev–Trinajstić information content (AvgIpc) is 3.28. The fraction of sp³-hybridized carbons (Fsp3) is 0.346. The summed E-state index contributed by atoms with van der Waals surface area (Å²) < 4.78 is 1.86.